The van der Waals surface area contributed by atoms with Crippen LogP contribution in [0.5, 0.6) is 0 Å². The van der Waals surface area contributed by atoms with Crippen LogP contribution in [0.4, 0.5) is 0 Å². The highest BCUT2D eigenvalue weighted by atomic mass is 16.6. The van der Waals surface area contributed by atoms with Crippen molar-refractivity contribution in [2.24, 2.45) is 0 Å². The number of carboxylic acid groups (broad SMARTS) is 1. The van der Waals surface area contributed by atoms with Crippen LogP contribution < -0.4 is 0 Å². The van der Waals surface area contributed by atoms with E-state index < -0.39 is 18.1 Å². The van der Waals surface area contributed by atoms with Crippen LogP contribution in [0.3, 0.4) is 0 Å². The molecule has 0 heterocycles. The van der Waals surface area contributed by atoms with Crippen molar-refractivity contribution in [3.05, 3.63) is 24.3 Å². The molecule has 0 bridgehead atoms. The van der Waals surface area contributed by atoms with E-state index in [2.05, 4.69) is 38.2 Å². The van der Waals surface area contributed by atoms with Gasteiger partial charge in [0.05, 0.1) is 34.4 Å². The highest BCUT2D eigenvalue weighted by molar-refractivity contribution is 5.72. The van der Waals surface area contributed by atoms with Crippen molar-refractivity contribution >= 4 is 17.9 Å². The van der Waals surface area contributed by atoms with Gasteiger partial charge in [0.2, 0.25) is 0 Å². The van der Waals surface area contributed by atoms with Gasteiger partial charge in [-0.3, -0.25) is 9.59 Å². The fourth-order valence-corrected chi connectivity index (χ4v) is 5.30. The molecule has 0 saturated carbocycles. The summed E-state index contributed by atoms with van der Waals surface area (Å²) in [5, 5.41) is 9.56. The monoisotopic (exact) mass is 667 g/mol. The molecular formula is C39H72NO7+. The summed E-state index contributed by atoms with van der Waals surface area (Å²) < 4.78 is 17.1. The number of hydrogen-bond donors (Lipinski definition) is 1. The molecule has 0 radical (unpaired) electrons. The van der Waals surface area contributed by atoms with Gasteiger partial charge in [-0.1, -0.05) is 102 Å². The van der Waals surface area contributed by atoms with Crippen LogP contribution in [0.2, 0.25) is 0 Å². The fraction of sp³-hybridized carbons (Fsp3) is 0.821. The molecule has 0 spiro atoms. The second kappa shape index (κ2) is 31.1. The Morgan fingerprint density at radius 3 is 1.62 bits per heavy atom. The lowest BCUT2D eigenvalue weighted by Crippen LogP contribution is -2.50. The third kappa shape index (κ3) is 29.7. The van der Waals surface area contributed by atoms with Gasteiger partial charge in [-0.05, 0) is 57.8 Å². The first-order valence-corrected chi connectivity index (χ1v) is 18.9. The number of likely N-dealkylation sites (N-methyl/N-ethyl adjacent to an activating group) is 1. The number of nitrogens with zero attached hydrogens (tertiary/aromatic N) is 1. The SMILES string of the molecule is CCCC/C=C/CCCCCCC(=O)OC(COCCC(C(=O)O)[N+](C)(C)C)COC(=O)CCCCC/C=C/CCCCCCCC. The summed E-state index contributed by atoms with van der Waals surface area (Å²) in [7, 11) is 5.50. The van der Waals surface area contributed by atoms with E-state index in [0.29, 0.717) is 19.3 Å². The zero-order valence-corrected chi connectivity index (χ0v) is 31.0. The van der Waals surface area contributed by atoms with Crippen LogP contribution in [-0.2, 0) is 28.6 Å². The molecule has 0 aliphatic heterocycles. The third-order valence-electron chi connectivity index (χ3n) is 8.32. The van der Waals surface area contributed by atoms with Crippen molar-refractivity contribution in [1.82, 2.24) is 0 Å². The van der Waals surface area contributed by atoms with Gasteiger partial charge in [0.1, 0.15) is 6.61 Å². The number of carboxylic acids is 1. The lowest BCUT2D eigenvalue weighted by Gasteiger charge is -2.31. The second-order valence-electron chi connectivity index (χ2n) is 13.8. The summed E-state index contributed by atoms with van der Waals surface area (Å²) in [5.41, 5.74) is 0. The zero-order valence-electron chi connectivity index (χ0n) is 31.0. The minimum atomic E-state index is -0.880. The van der Waals surface area contributed by atoms with Crippen LogP contribution >= 0.6 is 0 Å². The van der Waals surface area contributed by atoms with E-state index in [9.17, 15) is 19.5 Å². The number of hydrogen-bond acceptors (Lipinski definition) is 6. The summed E-state index contributed by atoms with van der Waals surface area (Å²) in [6.07, 6.45) is 30.8. The van der Waals surface area contributed by atoms with E-state index in [0.717, 1.165) is 70.6 Å². The van der Waals surface area contributed by atoms with Gasteiger partial charge in [-0.15, -0.1) is 0 Å². The molecule has 0 amide bonds. The topological polar surface area (TPSA) is 99.1 Å². The van der Waals surface area contributed by atoms with Crippen LogP contribution in [-0.4, -0.2) is 80.6 Å². The first-order chi connectivity index (χ1) is 22.6. The summed E-state index contributed by atoms with van der Waals surface area (Å²) >= 11 is 0. The summed E-state index contributed by atoms with van der Waals surface area (Å²) in [5.74, 6) is -1.51. The Morgan fingerprint density at radius 2 is 1.09 bits per heavy atom. The van der Waals surface area contributed by atoms with Gasteiger partial charge in [-0.2, -0.15) is 0 Å². The number of carbonyl (C=O) groups excluding carboxylic acids is 2. The van der Waals surface area contributed by atoms with Gasteiger partial charge in [0.15, 0.2) is 12.1 Å². The Bertz CT molecular complexity index is 834. The number of rotatable bonds is 33. The van der Waals surface area contributed by atoms with Gasteiger partial charge >= 0.3 is 17.9 Å². The van der Waals surface area contributed by atoms with Crippen molar-refractivity contribution in [2.75, 3.05) is 41.0 Å². The average Bonchev–Trinajstić information content (AvgIpc) is 3.01. The third-order valence-corrected chi connectivity index (χ3v) is 8.32. The normalized spacial score (nSPS) is 13.3. The van der Waals surface area contributed by atoms with E-state index in [1.54, 1.807) is 0 Å². The van der Waals surface area contributed by atoms with Gasteiger partial charge < -0.3 is 23.8 Å². The Balaban J connectivity index is 4.46. The van der Waals surface area contributed by atoms with E-state index in [4.69, 9.17) is 14.2 Å². The number of esters is 2. The Hall–Kier alpha value is -2.19. The Labute approximate surface area is 288 Å². The van der Waals surface area contributed by atoms with Crippen molar-refractivity contribution < 1.29 is 38.2 Å². The summed E-state index contributed by atoms with van der Waals surface area (Å²) in [6.45, 7) is 4.64. The summed E-state index contributed by atoms with van der Waals surface area (Å²) in [4.78, 5) is 36.7. The average molecular weight is 667 g/mol. The van der Waals surface area contributed by atoms with Crippen molar-refractivity contribution in [2.45, 2.75) is 167 Å². The highest BCUT2D eigenvalue weighted by Crippen LogP contribution is 2.12. The van der Waals surface area contributed by atoms with E-state index >= 15 is 0 Å². The first-order valence-electron chi connectivity index (χ1n) is 18.9. The molecule has 1 N–H and O–H groups in total. The number of quaternary nitrogens is 1. The lowest BCUT2D eigenvalue weighted by molar-refractivity contribution is -0.887. The molecule has 0 saturated heterocycles. The van der Waals surface area contributed by atoms with E-state index in [1.807, 2.05) is 21.1 Å². The molecular weight excluding hydrogens is 594 g/mol. The molecule has 274 valence electrons. The van der Waals surface area contributed by atoms with E-state index in [1.165, 1.54) is 51.4 Å². The Morgan fingerprint density at radius 1 is 0.617 bits per heavy atom. The number of unbranched alkanes of at least 4 members (excludes halogenated alkanes) is 15. The lowest BCUT2D eigenvalue weighted by atomic mass is 10.1. The fourth-order valence-electron chi connectivity index (χ4n) is 5.30. The molecule has 2 unspecified atom stereocenters. The van der Waals surface area contributed by atoms with Crippen molar-refractivity contribution in [3.63, 3.8) is 0 Å². The van der Waals surface area contributed by atoms with Crippen molar-refractivity contribution in [3.8, 4) is 0 Å². The maximum Gasteiger partial charge on any atom is 0.362 e. The highest BCUT2D eigenvalue weighted by Gasteiger charge is 2.31. The zero-order chi connectivity index (χ0) is 35.0. The molecule has 0 aromatic rings. The molecule has 0 aromatic heterocycles. The smallest absolute Gasteiger partial charge is 0.362 e. The molecule has 0 aliphatic rings. The molecule has 0 fully saturated rings. The number of allylic oxidation sites excluding steroid dienone is 4. The second-order valence-corrected chi connectivity index (χ2v) is 13.8. The number of ether oxygens (including phenoxy) is 3. The quantitative estimate of drug-likeness (QED) is 0.0322. The number of carbonyl (C=O) groups is 3. The molecule has 2 atom stereocenters. The van der Waals surface area contributed by atoms with E-state index in [-0.39, 0.29) is 36.2 Å². The first kappa shape index (κ1) is 44.8. The molecule has 0 rings (SSSR count). The molecule has 0 aliphatic carbocycles. The van der Waals surface area contributed by atoms with Crippen LogP contribution in [0.1, 0.15) is 155 Å². The minimum absolute atomic E-state index is 0.0535. The van der Waals surface area contributed by atoms with Gasteiger partial charge in [-0.25, -0.2) is 4.79 Å². The van der Waals surface area contributed by atoms with Gasteiger partial charge in [0.25, 0.3) is 0 Å². The van der Waals surface area contributed by atoms with Crippen LogP contribution in [0.15, 0.2) is 24.3 Å². The molecule has 0 aromatic carbocycles. The maximum atomic E-state index is 12.6. The van der Waals surface area contributed by atoms with Crippen LogP contribution in [0, 0.1) is 0 Å². The predicted molar refractivity (Wildman–Crippen MR) is 192 cm³/mol. The molecule has 8 nitrogen and oxygen atoms in total. The minimum Gasteiger partial charge on any atom is -0.477 e. The largest absolute Gasteiger partial charge is 0.477 e. The van der Waals surface area contributed by atoms with Crippen molar-refractivity contribution in [1.29, 1.82) is 0 Å². The maximum absolute atomic E-state index is 12.6. The predicted octanol–water partition coefficient (Wildman–Crippen LogP) is 9.35. The standard InChI is InChI=1S/C39H71NO7/c1-6-8-10-12-14-16-18-19-20-22-23-25-27-29-37(41)46-34-35(33-45-32-31-36(39(43)44)40(3,4)5)47-38(42)30-28-26-24-21-17-15-13-11-9-7-2/h13,15,19-20,35-36H,6-12,14,16-18,21-34H2,1-5H3/p+1/b15-13+,20-19+. The number of aliphatic carboxylic acids is 1. The molecule has 8 heteroatoms. The summed E-state index contributed by atoms with van der Waals surface area (Å²) in [6, 6.07) is -0.614. The Kier molecular flexibility index (Phi) is 29.7. The molecule has 47 heavy (non-hydrogen) atoms. The van der Waals surface area contributed by atoms with Gasteiger partial charge in [0, 0.05) is 19.3 Å². The van der Waals surface area contributed by atoms with Crippen LogP contribution in [0.25, 0.3) is 0 Å².